The fourth-order valence-electron chi connectivity index (χ4n) is 3.70. The fraction of sp³-hybridized carbons (Fsp3) is 0.333. The van der Waals surface area contributed by atoms with Crippen LogP contribution in [0.2, 0.25) is 0 Å². The van der Waals surface area contributed by atoms with Crippen molar-refractivity contribution in [2.75, 3.05) is 6.61 Å². The van der Waals surface area contributed by atoms with Gasteiger partial charge in [-0.05, 0) is 61.6 Å². The quantitative estimate of drug-likeness (QED) is 0.415. The first-order valence-electron chi connectivity index (χ1n) is 9.88. The van der Waals surface area contributed by atoms with E-state index in [1.807, 2.05) is 26.8 Å². The Labute approximate surface area is 175 Å². The molecule has 2 amide bonds. The molecule has 0 unspecified atom stereocenters. The highest BCUT2D eigenvalue weighted by Crippen LogP contribution is 2.27. The molecular weight excluding hydrogens is 382 g/mol. The number of esters is 1. The summed E-state index contributed by atoms with van der Waals surface area (Å²) in [7, 11) is 0. The molecule has 0 bridgehead atoms. The molecule has 0 saturated heterocycles. The Morgan fingerprint density at radius 2 is 1.43 bits per heavy atom. The summed E-state index contributed by atoms with van der Waals surface area (Å²) in [6.45, 7) is 8.71. The maximum absolute atomic E-state index is 12.8. The standard InChI is InChI=1S/C24H25NO5/c1-13(2)21(25-22(27)17-8-6-7-9-18(17)23(25)28)24(29)30-12-20(26)19-11-15(4)14(3)10-16(19)5/h6-11,13,21H,12H2,1-5H3/t21-/m0/s1. The van der Waals surface area contributed by atoms with Crippen molar-refractivity contribution in [1.82, 2.24) is 4.90 Å². The van der Waals surface area contributed by atoms with Crippen molar-refractivity contribution >= 4 is 23.6 Å². The molecule has 1 aliphatic rings. The monoisotopic (exact) mass is 407 g/mol. The maximum atomic E-state index is 12.8. The molecular formula is C24H25NO5. The lowest BCUT2D eigenvalue weighted by molar-refractivity contribution is -0.148. The summed E-state index contributed by atoms with van der Waals surface area (Å²) >= 11 is 0. The smallest absolute Gasteiger partial charge is 0.330 e. The predicted molar refractivity (Wildman–Crippen MR) is 112 cm³/mol. The minimum atomic E-state index is -1.11. The van der Waals surface area contributed by atoms with Gasteiger partial charge in [0.1, 0.15) is 6.04 Å². The lowest BCUT2D eigenvalue weighted by Gasteiger charge is -2.27. The van der Waals surface area contributed by atoms with Crippen molar-refractivity contribution in [3.63, 3.8) is 0 Å². The number of hydrogen-bond acceptors (Lipinski definition) is 5. The largest absolute Gasteiger partial charge is 0.456 e. The Balaban J connectivity index is 1.78. The van der Waals surface area contributed by atoms with Crippen molar-refractivity contribution in [3.8, 4) is 0 Å². The SMILES string of the molecule is Cc1cc(C)c(C(=O)COC(=O)[C@H](C(C)C)N2C(=O)c3ccccc3C2=O)cc1C. The molecule has 0 spiro atoms. The molecule has 0 N–H and O–H groups in total. The van der Waals surface area contributed by atoms with E-state index in [-0.39, 0.29) is 22.8 Å². The average Bonchev–Trinajstić information content (AvgIpc) is 2.94. The van der Waals surface area contributed by atoms with Crippen LogP contribution in [-0.4, -0.2) is 41.1 Å². The van der Waals surface area contributed by atoms with Crippen molar-refractivity contribution in [2.24, 2.45) is 5.92 Å². The first-order valence-corrected chi connectivity index (χ1v) is 9.88. The second kappa shape index (κ2) is 8.22. The molecule has 0 aromatic heterocycles. The molecule has 2 aromatic carbocycles. The van der Waals surface area contributed by atoms with Gasteiger partial charge in [-0.1, -0.05) is 32.0 Å². The Bertz CT molecular complexity index is 1020. The van der Waals surface area contributed by atoms with Gasteiger partial charge in [0.15, 0.2) is 6.61 Å². The zero-order chi connectivity index (χ0) is 22.2. The van der Waals surface area contributed by atoms with Crippen LogP contribution in [0.1, 0.15) is 61.6 Å². The summed E-state index contributed by atoms with van der Waals surface area (Å²) in [4.78, 5) is 51.9. The van der Waals surface area contributed by atoms with Gasteiger partial charge >= 0.3 is 5.97 Å². The molecule has 1 aliphatic heterocycles. The molecule has 0 saturated carbocycles. The van der Waals surface area contributed by atoms with Crippen molar-refractivity contribution in [2.45, 2.75) is 40.7 Å². The topological polar surface area (TPSA) is 80.8 Å². The van der Waals surface area contributed by atoms with Crippen LogP contribution in [0, 0.1) is 26.7 Å². The zero-order valence-corrected chi connectivity index (χ0v) is 17.8. The molecule has 1 atom stereocenters. The van der Waals surface area contributed by atoms with E-state index in [1.165, 1.54) is 0 Å². The molecule has 2 aromatic rings. The summed E-state index contributed by atoms with van der Waals surface area (Å²) in [6, 6.07) is 9.05. The van der Waals surface area contributed by atoms with E-state index >= 15 is 0 Å². The van der Waals surface area contributed by atoms with Crippen LogP contribution in [0.3, 0.4) is 0 Å². The lowest BCUT2D eigenvalue weighted by Crippen LogP contribution is -2.49. The number of carbonyl (C=O) groups excluding carboxylic acids is 4. The first kappa shape index (κ1) is 21.4. The van der Waals surface area contributed by atoms with Crippen LogP contribution in [0.5, 0.6) is 0 Å². The van der Waals surface area contributed by atoms with Crippen molar-refractivity contribution in [1.29, 1.82) is 0 Å². The van der Waals surface area contributed by atoms with Gasteiger partial charge in [0.25, 0.3) is 11.8 Å². The number of nitrogens with zero attached hydrogens (tertiary/aromatic N) is 1. The van der Waals surface area contributed by atoms with Crippen LogP contribution in [0.15, 0.2) is 36.4 Å². The van der Waals surface area contributed by atoms with Gasteiger partial charge in [-0.2, -0.15) is 0 Å². The van der Waals surface area contributed by atoms with Gasteiger partial charge in [0.2, 0.25) is 5.78 Å². The summed E-state index contributed by atoms with van der Waals surface area (Å²) in [5.41, 5.74) is 3.88. The first-order chi connectivity index (χ1) is 14.1. The van der Waals surface area contributed by atoms with Crippen LogP contribution >= 0.6 is 0 Å². The van der Waals surface area contributed by atoms with E-state index in [2.05, 4.69) is 0 Å². The summed E-state index contributed by atoms with van der Waals surface area (Å²) in [6.07, 6.45) is 0. The van der Waals surface area contributed by atoms with E-state index < -0.39 is 30.4 Å². The van der Waals surface area contributed by atoms with Gasteiger partial charge in [-0.3, -0.25) is 19.3 Å². The molecule has 1 heterocycles. The van der Waals surface area contributed by atoms with Crippen molar-refractivity contribution < 1.29 is 23.9 Å². The predicted octanol–water partition coefficient (Wildman–Crippen LogP) is 3.66. The van der Waals surface area contributed by atoms with Gasteiger partial charge in [-0.25, -0.2) is 4.79 Å². The molecule has 3 rings (SSSR count). The van der Waals surface area contributed by atoms with Crippen LogP contribution in [-0.2, 0) is 9.53 Å². The number of imide groups is 1. The highest BCUT2D eigenvalue weighted by molar-refractivity contribution is 6.22. The van der Waals surface area contributed by atoms with Gasteiger partial charge in [-0.15, -0.1) is 0 Å². The molecule has 6 nitrogen and oxygen atoms in total. The fourth-order valence-corrected chi connectivity index (χ4v) is 3.70. The molecule has 6 heteroatoms. The number of hydrogen-bond donors (Lipinski definition) is 0. The van der Waals surface area contributed by atoms with Crippen molar-refractivity contribution in [3.05, 3.63) is 69.8 Å². The third-order valence-electron chi connectivity index (χ3n) is 5.46. The third kappa shape index (κ3) is 3.77. The van der Waals surface area contributed by atoms with E-state index in [0.29, 0.717) is 5.56 Å². The number of ether oxygens (including phenoxy) is 1. The number of amides is 2. The second-order valence-electron chi connectivity index (χ2n) is 8.00. The number of rotatable bonds is 6. The Hall–Kier alpha value is -3.28. The van der Waals surface area contributed by atoms with Gasteiger partial charge in [0.05, 0.1) is 11.1 Å². The number of aryl methyl sites for hydroxylation is 3. The molecule has 30 heavy (non-hydrogen) atoms. The molecule has 0 aliphatic carbocycles. The van der Waals surface area contributed by atoms with E-state index in [9.17, 15) is 19.2 Å². The number of benzene rings is 2. The number of carbonyl (C=O) groups is 4. The van der Waals surface area contributed by atoms with Crippen LogP contribution in [0.25, 0.3) is 0 Å². The van der Waals surface area contributed by atoms with Gasteiger partial charge < -0.3 is 4.74 Å². The molecule has 156 valence electrons. The van der Waals surface area contributed by atoms with Crippen LogP contribution in [0.4, 0.5) is 0 Å². The molecule has 0 radical (unpaired) electrons. The Kier molecular flexibility index (Phi) is 5.87. The van der Waals surface area contributed by atoms with E-state index in [0.717, 1.165) is 21.6 Å². The summed E-state index contributed by atoms with van der Waals surface area (Å²) in [5, 5.41) is 0. The zero-order valence-electron chi connectivity index (χ0n) is 17.8. The maximum Gasteiger partial charge on any atom is 0.330 e. The second-order valence-corrected chi connectivity index (χ2v) is 8.00. The number of Topliss-reactive ketones (excluding diaryl/α,β-unsaturated/α-hetero) is 1. The lowest BCUT2D eigenvalue weighted by atomic mass is 9.98. The number of fused-ring (bicyclic) bond motifs is 1. The summed E-state index contributed by atoms with van der Waals surface area (Å²) in [5.74, 6) is -2.52. The van der Waals surface area contributed by atoms with Gasteiger partial charge in [0, 0.05) is 5.56 Å². The Morgan fingerprint density at radius 3 is 1.97 bits per heavy atom. The molecule has 0 fully saturated rings. The summed E-state index contributed by atoms with van der Waals surface area (Å²) < 4.78 is 5.28. The number of ketones is 1. The van der Waals surface area contributed by atoms with E-state index in [1.54, 1.807) is 44.2 Å². The van der Waals surface area contributed by atoms with E-state index in [4.69, 9.17) is 4.74 Å². The minimum absolute atomic E-state index is 0.266. The highest BCUT2D eigenvalue weighted by atomic mass is 16.5. The highest BCUT2D eigenvalue weighted by Gasteiger charge is 2.44. The third-order valence-corrected chi connectivity index (χ3v) is 5.46. The minimum Gasteiger partial charge on any atom is -0.456 e. The Morgan fingerprint density at radius 1 is 0.900 bits per heavy atom. The normalized spacial score (nSPS) is 14.1. The van der Waals surface area contributed by atoms with Crippen LogP contribution < -0.4 is 0 Å². The average molecular weight is 407 g/mol.